The average Bonchev–Trinajstić information content (AvgIpc) is 2.61. The predicted octanol–water partition coefficient (Wildman–Crippen LogP) is 1.21. The van der Waals surface area contributed by atoms with Crippen molar-refractivity contribution in [2.45, 2.75) is 38.6 Å². The third-order valence-electron chi connectivity index (χ3n) is 3.71. The molecule has 2 heteroatoms. The second-order valence-corrected chi connectivity index (χ2v) is 4.62. The zero-order valence-corrected chi connectivity index (χ0v) is 8.05. The maximum Gasteiger partial charge on any atom is 0.00448 e. The van der Waals surface area contributed by atoms with Gasteiger partial charge in [0.25, 0.3) is 0 Å². The second kappa shape index (κ2) is 3.00. The fourth-order valence-corrected chi connectivity index (χ4v) is 2.92. The lowest BCUT2D eigenvalue weighted by Gasteiger charge is -2.23. The summed E-state index contributed by atoms with van der Waals surface area (Å²) < 4.78 is 0. The van der Waals surface area contributed by atoms with E-state index in [2.05, 4.69) is 11.8 Å². The van der Waals surface area contributed by atoms with Crippen molar-refractivity contribution in [3.05, 3.63) is 0 Å². The lowest BCUT2D eigenvalue weighted by molar-refractivity contribution is 0.267. The van der Waals surface area contributed by atoms with Crippen molar-refractivity contribution < 1.29 is 0 Å². The molecule has 0 aromatic rings. The Labute approximate surface area is 75.1 Å². The molecule has 2 fully saturated rings. The van der Waals surface area contributed by atoms with Crippen molar-refractivity contribution in [1.82, 2.24) is 4.90 Å². The van der Waals surface area contributed by atoms with Crippen LogP contribution in [0.25, 0.3) is 0 Å². The van der Waals surface area contributed by atoms with Gasteiger partial charge in [0.2, 0.25) is 0 Å². The summed E-state index contributed by atoms with van der Waals surface area (Å²) in [7, 11) is 0. The SMILES string of the molecule is CCN1CC[C@]2(CC[C@@H](N)C2)C1. The van der Waals surface area contributed by atoms with Crippen molar-refractivity contribution in [3.63, 3.8) is 0 Å². The quantitative estimate of drug-likeness (QED) is 0.637. The van der Waals surface area contributed by atoms with Crippen LogP contribution in [0, 0.1) is 5.41 Å². The minimum Gasteiger partial charge on any atom is -0.328 e. The van der Waals surface area contributed by atoms with Crippen molar-refractivity contribution in [2.24, 2.45) is 11.1 Å². The van der Waals surface area contributed by atoms with Crippen molar-refractivity contribution in [1.29, 1.82) is 0 Å². The zero-order valence-electron chi connectivity index (χ0n) is 8.05. The van der Waals surface area contributed by atoms with Gasteiger partial charge in [-0.1, -0.05) is 6.92 Å². The summed E-state index contributed by atoms with van der Waals surface area (Å²) in [6.45, 7) is 6.10. The Balaban J connectivity index is 1.97. The van der Waals surface area contributed by atoms with Crippen LogP contribution in [0.2, 0.25) is 0 Å². The summed E-state index contributed by atoms with van der Waals surface area (Å²) in [5, 5.41) is 0. The molecule has 1 saturated carbocycles. The fraction of sp³-hybridized carbons (Fsp3) is 1.00. The highest BCUT2D eigenvalue weighted by molar-refractivity contribution is 4.97. The van der Waals surface area contributed by atoms with Gasteiger partial charge in [0.1, 0.15) is 0 Å². The average molecular weight is 168 g/mol. The molecule has 0 radical (unpaired) electrons. The first kappa shape index (κ1) is 8.52. The first-order chi connectivity index (χ1) is 5.74. The molecule has 2 nitrogen and oxygen atoms in total. The first-order valence-corrected chi connectivity index (χ1v) is 5.22. The molecule has 2 aliphatic rings. The summed E-state index contributed by atoms with van der Waals surface area (Å²) in [5.41, 5.74) is 6.59. The van der Waals surface area contributed by atoms with Crippen molar-refractivity contribution in [3.8, 4) is 0 Å². The van der Waals surface area contributed by atoms with E-state index in [0.29, 0.717) is 11.5 Å². The molecule has 0 amide bonds. The Morgan fingerprint density at radius 1 is 1.50 bits per heavy atom. The lowest BCUT2D eigenvalue weighted by Crippen LogP contribution is -2.26. The molecule has 0 unspecified atom stereocenters. The van der Waals surface area contributed by atoms with Gasteiger partial charge >= 0.3 is 0 Å². The van der Waals surface area contributed by atoms with E-state index in [1.807, 2.05) is 0 Å². The maximum absolute atomic E-state index is 5.96. The fourth-order valence-electron chi connectivity index (χ4n) is 2.92. The minimum atomic E-state index is 0.502. The molecular weight excluding hydrogens is 148 g/mol. The van der Waals surface area contributed by atoms with E-state index in [9.17, 15) is 0 Å². The number of hydrogen-bond acceptors (Lipinski definition) is 2. The van der Waals surface area contributed by atoms with Gasteiger partial charge in [-0.05, 0) is 44.2 Å². The maximum atomic E-state index is 5.96. The van der Waals surface area contributed by atoms with Gasteiger partial charge < -0.3 is 10.6 Å². The number of rotatable bonds is 1. The second-order valence-electron chi connectivity index (χ2n) is 4.62. The van der Waals surface area contributed by atoms with Gasteiger partial charge in [-0.15, -0.1) is 0 Å². The summed E-state index contributed by atoms with van der Waals surface area (Å²) in [5.74, 6) is 0. The Morgan fingerprint density at radius 2 is 2.33 bits per heavy atom. The van der Waals surface area contributed by atoms with Gasteiger partial charge in [-0.3, -0.25) is 0 Å². The largest absolute Gasteiger partial charge is 0.328 e. The van der Waals surface area contributed by atoms with E-state index in [4.69, 9.17) is 5.73 Å². The van der Waals surface area contributed by atoms with E-state index in [0.717, 1.165) is 0 Å². The number of hydrogen-bond donors (Lipinski definition) is 1. The molecule has 1 aliphatic carbocycles. The topological polar surface area (TPSA) is 29.3 Å². The van der Waals surface area contributed by atoms with E-state index < -0.39 is 0 Å². The van der Waals surface area contributed by atoms with Crippen LogP contribution in [0.5, 0.6) is 0 Å². The van der Waals surface area contributed by atoms with Crippen LogP contribution < -0.4 is 5.73 Å². The van der Waals surface area contributed by atoms with Gasteiger partial charge in [-0.25, -0.2) is 0 Å². The van der Waals surface area contributed by atoms with E-state index >= 15 is 0 Å². The molecule has 70 valence electrons. The van der Waals surface area contributed by atoms with E-state index in [1.165, 1.54) is 45.3 Å². The third-order valence-corrected chi connectivity index (χ3v) is 3.71. The molecule has 0 aromatic heterocycles. The Hall–Kier alpha value is -0.0800. The van der Waals surface area contributed by atoms with Crippen LogP contribution in [0.3, 0.4) is 0 Å². The highest BCUT2D eigenvalue weighted by Gasteiger charge is 2.42. The Bertz CT molecular complexity index is 169. The van der Waals surface area contributed by atoms with Crippen molar-refractivity contribution in [2.75, 3.05) is 19.6 Å². The standard InChI is InChI=1S/C10H20N2/c1-2-12-6-5-10(8-12)4-3-9(11)7-10/h9H,2-8,11H2,1H3/t9-,10+/m1/s1. The minimum absolute atomic E-state index is 0.502. The lowest BCUT2D eigenvalue weighted by atomic mass is 9.85. The van der Waals surface area contributed by atoms with Crippen LogP contribution in [0.4, 0.5) is 0 Å². The highest BCUT2D eigenvalue weighted by Crippen LogP contribution is 2.44. The van der Waals surface area contributed by atoms with Crippen molar-refractivity contribution >= 4 is 0 Å². The molecular formula is C10H20N2. The van der Waals surface area contributed by atoms with Gasteiger partial charge in [0.05, 0.1) is 0 Å². The number of nitrogens with zero attached hydrogens (tertiary/aromatic N) is 1. The van der Waals surface area contributed by atoms with Crippen LogP contribution >= 0.6 is 0 Å². The van der Waals surface area contributed by atoms with Gasteiger partial charge in [0.15, 0.2) is 0 Å². The smallest absolute Gasteiger partial charge is 0.00448 e. The summed E-state index contributed by atoms with van der Waals surface area (Å²) in [6.07, 6.45) is 5.32. The van der Waals surface area contributed by atoms with Crippen LogP contribution in [-0.2, 0) is 0 Å². The Kier molecular flexibility index (Phi) is 2.13. The molecule has 1 spiro atoms. The highest BCUT2D eigenvalue weighted by atomic mass is 15.2. The van der Waals surface area contributed by atoms with Crippen LogP contribution in [0.1, 0.15) is 32.6 Å². The molecule has 2 N–H and O–H groups in total. The monoisotopic (exact) mass is 168 g/mol. The number of nitrogens with two attached hydrogens (primary N) is 1. The summed E-state index contributed by atoms with van der Waals surface area (Å²) in [6, 6.07) is 0.502. The number of likely N-dealkylation sites (tertiary alicyclic amines) is 1. The molecule has 2 rings (SSSR count). The van der Waals surface area contributed by atoms with E-state index in [-0.39, 0.29) is 0 Å². The van der Waals surface area contributed by atoms with E-state index in [1.54, 1.807) is 0 Å². The molecule has 2 atom stereocenters. The van der Waals surface area contributed by atoms with Crippen LogP contribution in [0.15, 0.2) is 0 Å². The van der Waals surface area contributed by atoms with Gasteiger partial charge in [0, 0.05) is 12.6 Å². The normalized spacial score (nSPS) is 43.0. The predicted molar refractivity (Wildman–Crippen MR) is 51.0 cm³/mol. The molecule has 1 saturated heterocycles. The zero-order chi connectivity index (χ0) is 8.60. The molecule has 1 heterocycles. The summed E-state index contributed by atoms with van der Waals surface area (Å²) >= 11 is 0. The molecule has 0 aromatic carbocycles. The Morgan fingerprint density at radius 3 is 2.83 bits per heavy atom. The molecule has 1 aliphatic heterocycles. The molecule has 12 heavy (non-hydrogen) atoms. The first-order valence-electron chi connectivity index (χ1n) is 5.22. The van der Waals surface area contributed by atoms with Gasteiger partial charge in [-0.2, -0.15) is 0 Å². The summed E-state index contributed by atoms with van der Waals surface area (Å²) in [4.78, 5) is 2.57. The van der Waals surface area contributed by atoms with Crippen LogP contribution in [-0.4, -0.2) is 30.6 Å². The third kappa shape index (κ3) is 1.38. The molecule has 0 bridgehead atoms.